The van der Waals surface area contributed by atoms with E-state index in [1.54, 1.807) is 0 Å². The van der Waals surface area contributed by atoms with Crippen LogP contribution in [0, 0.1) is 0 Å². The fourth-order valence-electron chi connectivity index (χ4n) is 2.68. The molecule has 12 heteroatoms. The summed E-state index contributed by atoms with van der Waals surface area (Å²) in [5, 5.41) is 29.4. The summed E-state index contributed by atoms with van der Waals surface area (Å²) in [6.07, 6.45) is 0. The maximum Gasteiger partial charge on any atom is 0.446 e. The Labute approximate surface area is 162 Å². The van der Waals surface area contributed by atoms with E-state index in [1.165, 1.54) is 25.3 Å². The molecule has 0 saturated heterocycles. The second-order valence-electron chi connectivity index (χ2n) is 5.64. The normalized spacial score (nSPS) is 11.4. The zero-order chi connectivity index (χ0) is 21.5. The van der Waals surface area contributed by atoms with E-state index in [4.69, 9.17) is 18.4 Å². The molecule has 1 aromatic heterocycles. The smallest absolute Gasteiger partial charge is 0.446 e. The van der Waals surface area contributed by atoms with Crippen LogP contribution in [0.1, 0.15) is 0 Å². The molecule has 0 amide bonds. The minimum Gasteiger partial charge on any atom is -0.504 e. The van der Waals surface area contributed by atoms with Gasteiger partial charge in [0.2, 0.25) is 16.9 Å². The second kappa shape index (κ2) is 7.07. The molecule has 3 aromatic rings. The van der Waals surface area contributed by atoms with Crippen LogP contribution in [0.15, 0.2) is 33.5 Å². The predicted octanol–water partition coefficient (Wildman–Crippen LogP) is 1.78. The molecule has 29 heavy (non-hydrogen) atoms. The third-order valence-electron chi connectivity index (χ3n) is 3.88. The topological polar surface area (TPSA) is 173 Å². The lowest BCUT2D eigenvalue weighted by Crippen LogP contribution is -2.15. The molecule has 4 N–H and O–H groups in total. The van der Waals surface area contributed by atoms with E-state index < -0.39 is 50.0 Å². The van der Waals surface area contributed by atoms with Crippen molar-refractivity contribution in [1.29, 1.82) is 0 Å². The first-order valence-electron chi connectivity index (χ1n) is 7.71. The summed E-state index contributed by atoms with van der Waals surface area (Å²) >= 11 is 0. The summed E-state index contributed by atoms with van der Waals surface area (Å²) < 4.78 is 51.3. The molecule has 3 rings (SSSR count). The minimum absolute atomic E-state index is 0.0205. The van der Waals surface area contributed by atoms with Crippen molar-refractivity contribution in [3.63, 3.8) is 0 Å². The zero-order valence-electron chi connectivity index (χ0n) is 14.9. The van der Waals surface area contributed by atoms with Gasteiger partial charge in [-0.1, -0.05) is 0 Å². The number of fused-ring (bicyclic) bond motifs is 1. The molecule has 1 heterocycles. The highest BCUT2D eigenvalue weighted by Crippen LogP contribution is 2.44. The van der Waals surface area contributed by atoms with Gasteiger partial charge in [-0.2, -0.15) is 8.42 Å². The molecule has 0 saturated carbocycles. The number of benzene rings is 2. The monoisotopic (exact) mass is 426 g/mol. The first-order valence-corrected chi connectivity index (χ1v) is 9.08. The standard InChI is InChI=1S/C17H14O11S/c1-25-10-5-7(3-4-8(10)18)15-17(28-29(22,23)24)14(21)12-11(27-15)6-9(19)16(26-2)13(12)20/h3-6,18-20H,1-2H3,(H,22,23,24). The van der Waals surface area contributed by atoms with Gasteiger partial charge < -0.3 is 33.4 Å². The number of hydrogen-bond acceptors (Lipinski definition) is 10. The van der Waals surface area contributed by atoms with Crippen LogP contribution in [0.3, 0.4) is 0 Å². The van der Waals surface area contributed by atoms with Crippen molar-refractivity contribution in [1.82, 2.24) is 0 Å². The van der Waals surface area contributed by atoms with Crippen LogP contribution in [0.4, 0.5) is 0 Å². The van der Waals surface area contributed by atoms with Crippen molar-refractivity contribution < 1.29 is 46.4 Å². The summed E-state index contributed by atoms with van der Waals surface area (Å²) in [6.45, 7) is 0. The van der Waals surface area contributed by atoms with Crippen LogP contribution < -0.4 is 19.1 Å². The van der Waals surface area contributed by atoms with Gasteiger partial charge in [0.05, 0.1) is 14.2 Å². The van der Waals surface area contributed by atoms with Gasteiger partial charge in [-0.25, -0.2) is 0 Å². The average Bonchev–Trinajstić information content (AvgIpc) is 2.63. The van der Waals surface area contributed by atoms with Gasteiger partial charge in [0.1, 0.15) is 11.0 Å². The van der Waals surface area contributed by atoms with Crippen LogP contribution in [0.5, 0.6) is 34.5 Å². The molecular weight excluding hydrogens is 412 g/mol. The Morgan fingerprint density at radius 1 is 0.966 bits per heavy atom. The second-order valence-corrected chi connectivity index (χ2v) is 6.66. The van der Waals surface area contributed by atoms with Crippen LogP contribution in [-0.4, -0.2) is 42.5 Å². The molecule has 2 aromatic carbocycles. The van der Waals surface area contributed by atoms with Crippen LogP contribution in [0.2, 0.25) is 0 Å². The number of hydrogen-bond donors (Lipinski definition) is 4. The summed E-state index contributed by atoms with van der Waals surface area (Å²) in [7, 11) is -2.79. The van der Waals surface area contributed by atoms with Crippen LogP contribution >= 0.6 is 0 Å². The largest absolute Gasteiger partial charge is 0.504 e. The van der Waals surface area contributed by atoms with E-state index in [0.29, 0.717) is 0 Å². The molecule has 0 aliphatic heterocycles. The summed E-state index contributed by atoms with van der Waals surface area (Å²) in [4.78, 5) is 12.9. The Balaban J connectivity index is 2.46. The highest BCUT2D eigenvalue weighted by molar-refractivity contribution is 7.81. The zero-order valence-corrected chi connectivity index (χ0v) is 15.7. The van der Waals surface area contributed by atoms with Gasteiger partial charge in [0, 0.05) is 11.6 Å². The van der Waals surface area contributed by atoms with Gasteiger partial charge in [-0.3, -0.25) is 9.35 Å². The molecule has 0 aliphatic rings. The maximum atomic E-state index is 12.9. The first-order chi connectivity index (χ1) is 13.6. The minimum atomic E-state index is -5.16. The van der Waals surface area contributed by atoms with Gasteiger partial charge in [0.15, 0.2) is 28.8 Å². The van der Waals surface area contributed by atoms with Crippen molar-refractivity contribution in [3.8, 4) is 45.8 Å². The molecule has 0 aliphatic carbocycles. The van der Waals surface area contributed by atoms with E-state index in [-0.39, 0.29) is 22.6 Å². The molecular formula is C17H14O11S. The lowest BCUT2D eigenvalue weighted by atomic mass is 10.1. The number of phenols is 3. The van der Waals surface area contributed by atoms with Crippen molar-refractivity contribution in [2.24, 2.45) is 0 Å². The van der Waals surface area contributed by atoms with E-state index in [1.807, 2.05) is 0 Å². The Kier molecular flexibility index (Phi) is 4.90. The highest BCUT2D eigenvalue weighted by atomic mass is 32.3. The van der Waals surface area contributed by atoms with Crippen molar-refractivity contribution in [2.45, 2.75) is 0 Å². The van der Waals surface area contributed by atoms with Crippen LogP contribution in [0.25, 0.3) is 22.3 Å². The van der Waals surface area contributed by atoms with Crippen LogP contribution in [-0.2, 0) is 10.4 Å². The van der Waals surface area contributed by atoms with Gasteiger partial charge in [-0.05, 0) is 18.2 Å². The maximum absolute atomic E-state index is 12.9. The predicted molar refractivity (Wildman–Crippen MR) is 98.2 cm³/mol. The SMILES string of the molecule is COc1cc(-c2oc3cc(O)c(OC)c(O)c3c(=O)c2OS(=O)(=O)O)ccc1O. The first kappa shape index (κ1) is 20.1. The van der Waals surface area contributed by atoms with Crippen molar-refractivity contribution >= 4 is 21.4 Å². The molecule has 0 radical (unpaired) electrons. The fraction of sp³-hybridized carbons (Fsp3) is 0.118. The van der Waals surface area contributed by atoms with E-state index in [0.717, 1.165) is 13.2 Å². The van der Waals surface area contributed by atoms with Gasteiger partial charge >= 0.3 is 10.4 Å². The molecule has 0 fully saturated rings. The third-order valence-corrected chi connectivity index (χ3v) is 4.26. The number of rotatable bonds is 5. The third kappa shape index (κ3) is 3.58. The molecule has 154 valence electrons. The number of methoxy groups -OCH3 is 2. The Bertz CT molecular complexity index is 1280. The fourth-order valence-corrected chi connectivity index (χ4v) is 3.04. The van der Waals surface area contributed by atoms with E-state index in [9.17, 15) is 28.5 Å². The average molecular weight is 426 g/mol. The van der Waals surface area contributed by atoms with Crippen molar-refractivity contribution in [3.05, 3.63) is 34.5 Å². The lowest BCUT2D eigenvalue weighted by Gasteiger charge is -2.13. The van der Waals surface area contributed by atoms with E-state index >= 15 is 0 Å². The number of aromatic hydroxyl groups is 3. The van der Waals surface area contributed by atoms with Gasteiger partial charge in [0.25, 0.3) is 0 Å². The molecule has 0 atom stereocenters. The molecule has 0 spiro atoms. The number of phenolic OH excluding ortho intramolecular Hbond substituents is 3. The van der Waals surface area contributed by atoms with E-state index in [2.05, 4.69) is 4.18 Å². The van der Waals surface area contributed by atoms with Crippen molar-refractivity contribution in [2.75, 3.05) is 14.2 Å². The summed E-state index contributed by atoms with van der Waals surface area (Å²) in [5.41, 5.74) is -1.50. The summed E-state index contributed by atoms with van der Waals surface area (Å²) in [5.74, 6) is -3.59. The molecule has 0 bridgehead atoms. The summed E-state index contributed by atoms with van der Waals surface area (Å²) in [6, 6.07) is 4.60. The lowest BCUT2D eigenvalue weighted by molar-refractivity contribution is 0.345. The van der Waals surface area contributed by atoms with Gasteiger partial charge in [-0.15, -0.1) is 0 Å². The Morgan fingerprint density at radius 3 is 2.24 bits per heavy atom. The molecule has 11 nitrogen and oxygen atoms in total. The Hall–Kier alpha value is -3.64. The Morgan fingerprint density at radius 2 is 1.66 bits per heavy atom. The quantitative estimate of drug-likeness (QED) is 0.438. The highest BCUT2D eigenvalue weighted by Gasteiger charge is 2.27. The molecule has 0 unspecified atom stereocenters. The number of ether oxygens (including phenoxy) is 2.